The van der Waals surface area contributed by atoms with Crippen molar-refractivity contribution in [3.8, 4) is 0 Å². The standard InChI is InChI=1S/C26H29NO/c28-19-18-26(16-7-17-26)24-12-14-25(15-13-24)27(20-22-8-3-1-4-9-22)21-23-10-5-2-6-11-23/h1-6,8-15,28H,7,16-21H2. The summed E-state index contributed by atoms with van der Waals surface area (Å²) < 4.78 is 0. The van der Waals surface area contributed by atoms with E-state index in [-0.39, 0.29) is 12.0 Å². The van der Waals surface area contributed by atoms with E-state index in [2.05, 4.69) is 89.8 Å². The van der Waals surface area contributed by atoms with Crippen molar-refractivity contribution in [2.24, 2.45) is 0 Å². The summed E-state index contributed by atoms with van der Waals surface area (Å²) in [5.74, 6) is 0. The van der Waals surface area contributed by atoms with Gasteiger partial charge in [-0.3, -0.25) is 0 Å². The number of anilines is 1. The molecule has 2 nitrogen and oxygen atoms in total. The fourth-order valence-corrected chi connectivity index (χ4v) is 4.37. The highest BCUT2D eigenvalue weighted by atomic mass is 16.3. The van der Waals surface area contributed by atoms with Crippen LogP contribution in [0, 0.1) is 0 Å². The van der Waals surface area contributed by atoms with Crippen molar-refractivity contribution in [1.82, 2.24) is 0 Å². The largest absolute Gasteiger partial charge is 0.396 e. The molecule has 0 aliphatic heterocycles. The Balaban J connectivity index is 1.58. The molecule has 0 atom stereocenters. The summed E-state index contributed by atoms with van der Waals surface area (Å²) >= 11 is 0. The van der Waals surface area contributed by atoms with E-state index >= 15 is 0 Å². The molecule has 0 amide bonds. The van der Waals surface area contributed by atoms with Crippen molar-refractivity contribution >= 4 is 5.69 Å². The molecular formula is C26H29NO. The van der Waals surface area contributed by atoms with E-state index < -0.39 is 0 Å². The number of hydrogen-bond acceptors (Lipinski definition) is 2. The van der Waals surface area contributed by atoms with E-state index in [0.717, 1.165) is 19.5 Å². The molecule has 0 bridgehead atoms. The monoisotopic (exact) mass is 371 g/mol. The lowest BCUT2D eigenvalue weighted by Gasteiger charge is -2.42. The second-order valence-corrected chi connectivity index (χ2v) is 7.98. The van der Waals surface area contributed by atoms with Crippen LogP contribution >= 0.6 is 0 Å². The Morgan fingerprint density at radius 3 is 1.68 bits per heavy atom. The van der Waals surface area contributed by atoms with Crippen molar-refractivity contribution in [2.75, 3.05) is 11.5 Å². The third-order valence-corrected chi connectivity index (χ3v) is 6.18. The molecule has 3 aromatic rings. The summed E-state index contributed by atoms with van der Waals surface area (Å²) in [5, 5.41) is 9.49. The van der Waals surface area contributed by atoms with Crippen LogP contribution in [0.3, 0.4) is 0 Å². The van der Waals surface area contributed by atoms with Gasteiger partial charge in [-0.2, -0.15) is 0 Å². The van der Waals surface area contributed by atoms with Gasteiger partial charge in [-0.25, -0.2) is 0 Å². The first-order valence-electron chi connectivity index (χ1n) is 10.3. The Labute approximate surface area is 168 Å². The van der Waals surface area contributed by atoms with Crippen LogP contribution in [-0.4, -0.2) is 11.7 Å². The lowest BCUT2D eigenvalue weighted by molar-refractivity contribution is 0.167. The molecule has 0 radical (unpaired) electrons. The Morgan fingerprint density at radius 1 is 0.714 bits per heavy atom. The number of aliphatic hydroxyl groups is 1. The molecule has 0 unspecified atom stereocenters. The average molecular weight is 372 g/mol. The number of aliphatic hydroxyl groups excluding tert-OH is 1. The van der Waals surface area contributed by atoms with E-state index in [1.807, 2.05) is 0 Å². The lowest BCUT2D eigenvalue weighted by Crippen LogP contribution is -2.35. The van der Waals surface area contributed by atoms with Crippen LogP contribution in [-0.2, 0) is 18.5 Å². The minimum absolute atomic E-state index is 0.205. The van der Waals surface area contributed by atoms with Crippen LogP contribution in [0.5, 0.6) is 0 Å². The topological polar surface area (TPSA) is 23.5 Å². The van der Waals surface area contributed by atoms with Gasteiger partial charge < -0.3 is 10.0 Å². The predicted molar refractivity (Wildman–Crippen MR) is 116 cm³/mol. The molecule has 1 fully saturated rings. The minimum atomic E-state index is 0.205. The first-order valence-corrected chi connectivity index (χ1v) is 10.3. The van der Waals surface area contributed by atoms with Crippen LogP contribution in [0.25, 0.3) is 0 Å². The van der Waals surface area contributed by atoms with Crippen LogP contribution in [0.2, 0.25) is 0 Å². The molecule has 144 valence electrons. The molecule has 1 aliphatic rings. The first kappa shape index (κ1) is 18.8. The maximum atomic E-state index is 9.49. The zero-order valence-electron chi connectivity index (χ0n) is 16.4. The molecule has 3 aromatic carbocycles. The van der Waals surface area contributed by atoms with Gasteiger partial charge >= 0.3 is 0 Å². The summed E-state index contributed by atoms with van der Waals surface area (Å²) in [6.45, 7) is 2.05. The van der Waals surface area contributed by atoms with E-state index in [9.17, 15) is 5.11 Å². The summed E-state index contributed by atoms with van der Waals surface area (Å²) in [6.07, 6.45) is 4.55. The maximum Gasteiger partial charge on any atom is 0.0439 e. The fourth-order valence-electron chi connectivity index (χ4n) is 4.37. The quantitative estimate of drug-likeness (QED) is 0.549. The second-order valence-electron chi connectivity index (χ2n) is 7.98. The van der Waals surface area contributed by atoms with Gasteiger partial charge in [-0.05, 0) is 53.5 Å². The van der Waals surface area contributed by atoms with Crippen molar-refractivity contribution in [1.29, 1.82) is 0 Å². The maximum absolute atomic E-state index is 9.49. The van der Waals surface area contributed by atoms with Crippen LogP contribution in [0.15, 0.2) is 84.9 Å². The second kappa shape index (κ2) is 8.62. The molecule has 0 aromatic heterocycles. The van der Waals surface area contributed by atoms with Gasteiger partial charge in [0.25, 0.3) is 0 Å². The highest BCUT2D eigenvalue weighted by Crippen LogP contribution is 2.46. The number of nitrogens with zero attached hydrogens (tertiary/aromatic N) is 1. The van der Waals surface area contributed by atoms with Crippen molar-refractivity contribution in [2.45, 2.75) is 44.2 Å². The van der Waals surface area contributed by atoms with Crippen LogP contribution in [0.4, 0.5) is 5.69 Å². The highest BCUT2D eigenvalue weighted by Gasteiger charge is 2.37. The third-order valence-electron chi connectivity index (χ3n) is 6.18. The van der Waals surface area contributed by atoms with Gasteiger partial charge in [-0.1, -0.05) is 79.2 Å². The number of hydrogen-bond donors (Lipinski definition) is 1. The zero-order chi connectivity index (χ0) is 19.2. The molecule has 4 rings (SSSR count). The average Bonchev–Trinajstić information content (AvgIpc) is 2.72. The first-order chi connectivity index (χ1) is 13.8. The Bertz CT molecular complexity index is 812. The Morgan fingerprint density at radius 2 is 1.25 bits per heavy atom. The summed E-state index contributed by atoms with van der Waals surface area (Å²) in [7, 11) is 0. The van der Waals surface area contributed by atoms with Crippen molar-refractivity contribution in [3.63, 3.8) is 0 Å². The van der Waals surface area contributed by atoms with Crippen LogP contribution < -0.4 is 4.90 Å². The summed E-state index contributed by atoms with van der Waals surface area (Å²) in [5.41, 5.74) is 5.47. The molecule has 28 heavy (non-hydrogen) atoms. The van der Waals surface area contributed by atoms with Gasteiger partial charge in [0, 0.05) is 25.4 Å². The Hall–Kier alpha value is -2.58. The van der Waals surface area contributed by atoms with Gasteiger partial charge in [0.2, 0.25) is 0 Å². The van der Waals surface area contributed by atoms with E-state index in [0.29, 0.717) is 0 Å². The molecule has 2 heteroatoms. The zero-order valence-corrected chi connectivity index (χ0v) is 16.4. The molecule has 1 N–H and O–H groups in total. The van der Waals surface area contributed by atoms with Gasteiger partial charge in [0.05, 0.1) is 0 Å². The summed E-state index contributed by atoms with van der Waals surface area (Å²) in [4.78, 5) is 2.44. The fraction of sp³-hybridized carbons (Fsp3) is 0.308. The lowest BCUT2D eigenvalue weighted by atomic mass is 9.63. The molecule has 0 saturated heterocycles. The van der Waals surface area contributed by atoms with Crippen molar-refractivity contribution < 1.29 is 5.11 Å². The van der Waals surface area contributed by atoms with Crippen LogP contribution in [0.1, 0.15) is 42.4 Å². The third kappa shape index (κ3) is 4.13. The molecule has 0 spiro atoms. The number of benzene rings is 3. The molecule has 1 saturated carbocycles. The highest BCUT2D eigenvalue weighted by molar-refractivity contribution is 5.50. The molecular weight excluding hydrogens is 342 g/mol. The molecule has 1 aliphatic carbocycles. The van der Waals surface area contributed by atoms with Gasteiger partial charge in [0.15, 0.2) is 0 Å². The van der Waals surface area contributed by atoms with Crippen molar-refractivity contribution in [3.05, 3.63) is 102 Å². The smallest absolute Gasteiger partial charge is 0.0439 e. The van der Waals surface area contributed by atoms with E-state index in [1.54, 1.807) is 0 Å². The Kier molecular flexibility index (Phi) is 5.78. The van der Waals surface area contributed by atoms with Gasteiger partial charge in [0.1, 0.15) is 0 Å². The summed E-state index contributed by atoms with van der Waals surface area (Å²) in [6, 6.07) is 30.4. The predicted octanol–water partition coefficient (Wildman–Crippen LogP) is 5.70. The van der Waals surface area contributed by atoms with E-state index in [4.69, 9.17) is 0 Å². The molecule has 0 heterocycles. The van der Waals surface area contributed by atoms with Gasteiger partial charge in [-0.15, -0.1) is 0 Å². The van der Waals surface area contributed by atoms with E-state index in [1.165, 1.54) is 41.6 Å². The normalized spacial score (nSPS) is 15.0. The number of rotatable bonds is 8. The SMILES string of the molecule is OCCC1(c2ccc(N(Cc3ccccc3)Cc3ccccc3)cc2)CCC1. The minimum Gasteiger partial charge on any atom is -0.396 e.